The number of benzene rings is 3. The number of furan rings is 1. The van der Waals surface area contributed by atoms with E-state index in [0.29, 0.717) is 5.02 Å². The zero-order chi connectivity index (χ0) is 13.0. The van der Waals surface area contributed by atoms with Gasteiger partial charge < -0.3 is 4.42 Å². The third kappa shape index (κ3) is 1.54. The predicted octanol–water partition coefficient (Wildman–Crippen LogP) is 6.16. The summed E-state index contributed by atoms with van der Waals surface area (Å²) in [6.07, 6.45) is 0. The van der Waals surface area contributed by atoms with E-state index in [2.05, 4.69) is 34.1 Å². The Hall–Kier alpha value is -1.51. The molecule has 19 heavy (non-hydrogen) atoms. The van der Waals surface area contributed by atoms with Crippen molar-refractivity contribution in [3.63, 3.8) is 0 Å². The molecule has 1 nitrogen and oxygen atoms in total. The minimum absolute atomic E-state index is 0.643. The third-order valence-electron chi connectivity index (χ3n) is 3.40. The second kappa shape index (κ2) is 3.99. The molecule has 3 aromatic carbocycles. The van der Waals surface area contributed by atoms with Gasteiger partial charge in [0, 0.05) is 10.8 Å². The molecular weight excluding hydrogens is 324 g/mol. The highest BCUT2D eigenvalue weighted by Crippen LogP contribution is 2.40. The minimum atomic E-state index is 0.643. The fourth-order valence-electron chi connectivity index (χ4n) is 2.51. The Balaban J connectivity index is 2.33. The maximum atomic E-state index is 6.20. The van der Waals surface area contributed by atoms with Crippen LogP contribution in [0.3, 0.4) is 0 Å². The van der Waals surface area contributed by atoms with Gasteiger partial charge in [0.05, 0.1) is 9.50 Å². The summed E-state index contributed by atoms with van der Waals surface area (Å²) in [6, 6.07) is 16.2. The van der Waals surface area contributed by atoms with E-state index in [9.17, 15) is 0 Å². The first-order chi connectivity index (χ1) is 9.25. The van der Waals surface area contributed by atoms with Gasteiger partial charge in [0.1, 0.15) is 5.58 Å². The molecule has 0 unspecified atom stereocenters. The second-order valence-electron chi connectivity index (χ2n) is 4.51. The molecule has 0 saturated heterocycles. The highest BCUT2D eigenvalue weighted by atomic mass is 79.9. The molecule has 0 N–H and O–H groups in total. The molecule has 1 heterocycles. The number of hydrogen-bond donors (Lipinski definition) is 0. The lowest BCUT2D eigenvalue weighted by Crippen LogP contribution is -1.75. The quantitative estimate of drug-likeness (QED) is 0.376. The van der Waals surface area contributed by atoms with Crippen molar-refractivity contribution >= 4 is 60.2 Å². The van der Waals surface area contributed by atoms with Gasteiger partial charge in [-0.2, -0.15) is 0 Å². The molecule has 0 saturated carbocycles. The molecule has 0 spiro atoms. The van der Waals surface area contributed by atoms with Crippen LogP contribution in [0.2, 0.25) is 5.02 Å². The summed E-state index contributed by atoms with van der Waals surface area (Å²) in [6.45, 7) is 0. The van der Waals surface area contributed by atoms with Crippen molar-refractivity contribution in [3.8, 4) is 0 Å². The summed E-state index contributed by atoms with van der Waals surface area (Å²) in [7, 11) is 0. The first-order valence-electron chi connectivity index (χ1n) is 5.93. The van der Waals surface area contributed by atoms with Crippen molar-refractivity contribution in [1.82, 2.24) is 0 Å². The molecule has 0 radical (unpaired) electrons. The maximum absolute atomic E-state index is 6.20. The molecule has 4 aromatic rings. The van der Waals surface area contributed by atoms with E-state index in [0.717, 1.165) is 31.8 Å². The van der Waals surface area contributed by atoms with E-state index in [-0.39, 0.29) is 0 Å². The largest absolute Gasteiger partial charge is 0.453 e. The Kier molecular flexibility index (Phi) is 2.38. The van der Waals surface area contributed by atoms with E-state index in [4.69, 9.17) is 16.0 Å². The molecule has 0 amide bonds. The summed E-state index contributed by atoms with van der Waals surface area (Å²) in [5.41, 5.74) is 1.59. The molecule has 0 atom stereocenters. The summed E-state index contributed by atoms with van der Waals surface area (Å²) >= 11 is 9.85. The Morgan fingerprint density at radius 3 is 2.53 bits per heavy atom. The van der Waals surface area contributed by atoms with Crippen LogP contribution in [0, 0.1) is 0 Å². The molecule has 0 aliphatic rings. The van der Waals surface area contributed by atoms with Crippen LogP contribution in [0.4, 0.5) is 0 Å². The van der Waals surface area contributed by atoms with Crippen LogP contribution in [0.15, 0.2) is 57.4 Å². The average Bonchev–Trinajstić information content (AvgIpc) is 2.80. The Morgan fingerprint density at radius 2 is 1.63 bits per heavy atom. The van der Waals surface area contributed by atoms with Gasteiger partial charge in [-0.15, -0.1) is 0 Å². The lowest BCUT2D eigenvalue weighted by molar-refractivity contribution is 0.667. The van der Waals surface area contributed by atoms with Gasteiger partial charge in [0.2, 0.25) is 0 Å². The van der Waals surface area contributed by atoms with Gasteiger partial charge in [0.25, 0.3) is 0 Å². The number of fused-ring (bicyclic) bond motifs is 4. The Morgan fingerprint density at radius 1 is 0.842 bits per heavy atom. The van der Waals surface area contributed by atoms with Gasteiger partial charge in [-0.05, 0) is 38.8 Å². The fourth-order valence-corrected chi connectivity index (χ4v) is 3.38. The van der Waals surface area contributed by atoms with Crippen molar-refractivity contribution in [1.29, 1.82) is 0 Å². The number of hydrogen-bond acceptors (Lipinski definition) is 1. The molecular formula is C16H8BrClO. The molecule has 3 heteroatoms. The third-order valence-corrected chi connectivity index (χ3v) is 4.49. The second-order valence-corrected chi connectivity index (χ2v) is 5.71. The van der Waals surface area contributed by atoms with Crippen molar-refractivity contribution in [2.75, 3.05) is 0 Å². The maximum Gasteiger partial charge on any atom is 0.154 e. The Labute approximate surface area is 122 Å². The van der Waals surface area contributed by atoms with Crippen LogP contribution >= 0.6 is 27.5 Å². The van der Waals surface area contributed by atoms with Crippen LogP contribution in [0.5, 0.6) is 0 Å². The van der Waals surface area contributed by atoms with Crippen LogP contribution in [0.25, 0.3) is 32.7 Å². The van der Waals surface area contributed by atoms with Gasteiger partial charge in [0.15, 0.2) is 5.58 Å². The van der Waals surface area contributed by atoms with Crippen molar-refractivity contribution in [2.45, 2.75) is 0 Å². The van der Waals surface area contributed by atoms with Crippen LogP contribution < -0.4 is 0 Å². The van der Waals surface area contributed by atoms with Crippen molar-refractivity contribution in [2.24, 2.45) is 0 Å². The summed E-state index contributed by atoms with van der Waals surface area (Å²) < 4.78 is 6.92. The molecule has 0 aliphatic carbocycles. The summed E-state index contributed by atoms with van der Waals surface area (Å²) in [5, 5.41) is 5.11. The molecule has 4 rings (SSSR count). The van der Waals surface area contributed by atoms with E-state index in [1.807, 2.05) is 30.3 Å². The first-order valence-corrected chi connectivity index (χ1v) is 7.11. The average molecular weight is 332 g/mol. The number of halogens is 2. The normalized spacial score (nSPS) is 11.7. The standard InChI is InChI=1S/C16H8BrClO/c17-14-10-5-2-1-4-9(10)8-12-11-6-3-7-13(18)15(11)19-16(12)14/h1-8H. The molecule has 0 fully saturated rings. The van der Waals surface area contributed by atoms with E-state index >= 15 is 0 Å². The van der Waals surface area contributed by atoms with Gasteiger partial charge in [-0.3, -0.25) is 0 Å². The fraction of sp³-hybridized carbons (Fsp3) is 0. The highest BCUT2D eigenvalue weighted by Gasteiger charge is 2.14. The number of para-hydroxylation sites is 1. The van der Waals surface area contributed by atoms with Crippen molar-refractivity contribution < 1.29 is 4.42 Å². The monoisotopic (exact) mass is 330 g/mol. The molecule has 0 aliphatic heterocycles. The van der Waals surface area contributed by atoms with Crippen LogP contribution in [-0.2, 0) is 0 Å². The predicted molar refractivity (Wildman–Crippen MR) is 83.9 cm³/mol. The van der Waals surface area contributed by atoms with Gasteiger partial charge in [-0.25, -0.2) is 0 Å². The highest BCUT2D eigenvalue weighted by molar-refractivity contribution is 9.10. The topological polar surface area (TPSA) is 13.1 Å². The van der Waals surface area contributed by atoms with Crippen LogP contribution in [-0.4, -0.2) is 0 Å². The van der Waals surface area contributed by atoms with Gasteiger partial charge in [-0.1, -0.05) is 48.0 Å². The number of rotatable bonds is 0. The summed E-state index contributed by atoms with van der Waals surface area (Å²) in [5.74, 6) is 0. The first kappa shape index (κ1) is 11.3. The molecule has 0 bridgehead atoms. The van der Waals surface area contributed by atoms with Crippen molar-refractivity contribution in [3.05, 3.63) is 58.0 Å². The van der Waals surface area contributed by atoms with E-state index < -0.39 is 0 Å². The SMILES string of the molecule is Clc1cccc2c1oc1c(Br)c3ccccc3cc12. The lowest BCUT2D eigenvalue weighted by atomic mass is 10.1. The summed E-state index contributed by atoms with van der Waals surface area (Å²) in [4.78, 5) is 0. The zero-order valence-electron chi connectivity index (χ0n) is 9.78. The molecule has 1 aromatic heterocycles. The smallest absolute Gasteiger partial charge is 0.154 e. The van der Waals surface area contributed by atoms with E-state index in [1.54, 1.807) is 0 Å². The zero-order valence-corrected chi connectivity index (χ0v) is 12.1. The molecule has 92 valence electrons. The minimum Gasteiger partial charge on any atom is -0.453 e. The van der Waals surface area contributed by atoms with E-state index in [1.165, 1.54) is 5.39 Å². The Bertz CT molecular complexity index is 940. The lowest BCUT2D eigenvalue weighted by Gasteiger charge is -2.01. The van der Waals surface area contributed by atoms with Crippen LogP contribution in [0.1, 0.15) is 0 Å². The van der Waals surface area contributed by atoms with Gasteiger partial charge >= 0.3 is 0 Å².